The van der Waals surface area contributed by atoms with Gasteiger partial charge >= 0.3 is 0 Å². The number of amides is 2. The van der Waals surface area contributed by atoms with Gasteiger partial charge in [0.2, 0.25) is 5.91 Å². The average Bonchev–Trinajstić information content (AvgIpc) is 2.74. The molecule has 3 rings (SSSR count). The molecule has 0 bridgehead atoms. The molecule has 0 atom stereocenters. The second-order valence-electron chi connectivity index (χ2n) is 7.26. The topological polar surface area (TPSA) is 40.6 Å². The molecule has 0 unspecified atom stereocenters. The number of hydrogen-bond donors (Lipinski definition) is 0. The highest BCUT2D eigenvalue weighted by molar-refractivity contribution is 5.96. The standard InChI is InChI=1S/C23H27FN2O2/c1-2-3-14-26(21-10-5-4-6-11-21)23(28)18-12-15-25(16-13-18)22(27)19-8-7-9-20(24)17-19/h4-11,17-18H,2-3,12-16H2,1H3. The third-order valence-electron chi connectivity index (χ3n) is 5.27. The number of carbonyl (C=O) groups is 2. The van der Waals surface area contributed by atoms with E-state index in [1.807, 2.05) is 35.2 Å². The van der Waals surface area contributed by atoms with E-state index in [0.29, 0.717) is 38.0 Å². The van der Waals surface area contributed by atoms with Gasteiger partial charge in [0.05, 0.1) is 0 Å². The Kier molecular flexibility index (Phi) is 6.80. The van der Waals surface area contributed by atoms with Crippen LogP contribution in [0.4, 0.5) is 10.1 Å². The molecular formula is C23H27FN2O2. The van der Waals surface area contributed by atoms with Crippen molar-refractivity contribution in [1.29, 1.82) is 0 Å². The van der Waals surface area contributed by atoms with E-state index >= 15 is 0 Å². The SMILES string of the molecule is CCCCN(C(=O)C1CCN(C(=O)c2cccc(F)c2)CC1)c1ccccc1. The van der Waals surface area contributed by atoms with Crippen LogP contribution in [0.3, 0.4) is 0 Å². The van der Waals surface area contributed by atoms with Crippen LogP contribution in [0.1, 0.15) is 43.0 Å². The minimum atomic E-state index is -0.412. The molecule has 1 aliphatic heterocycles. The molecule has 2 amide bonds. The third kappa shape index (κ3) is 4.77. The summed E-state index contributed by atoms with van der Waals surface area (Å²) in [6.45, 7) is 3.86. The number of benzene rings is 2. The summed E-state index contributed by atoms with van der Waals surface area (Å²) in [5.41, 5.74) is 1.29. The summed E-state index contributed by atoms with van der Waals surface area (Å²) in [5.74, 6) is -0.534. The minimum Gasteiger partial charge on any atom is -0.339 e. The Labute approximate surface area is 166 Å². The number of anilines is 1. The Hall–Kier alpha value is -2.69. The first-order chi connectivity index (χ1) is 13.6. The fourth-order valence-corrected chi connectivity index (χ4v) is 3.64. The number of rotatable bonds is 6. The van der Waals surface area contributed by atoms with Gasteiger partial charge in [-0.15, -0.1) is 0 Å². The molecule has 0 aliphatic carbocycles. The third-order valence-corrected chi connectivity index (χ3v) is 5.27. The number of para-hydroxylation sites is 1. The van der Waals surface area contributed by atoms with Crippen LogP contribution < -0.4 is 4.90 Å². The zero-order chi connectivity index (χ0) is 19.9. The van der Waals surface area contributed by atoms with E-state index in [1.54, 1.807) is 17.0 Å². The number of carbonyl (C=O) groups excluding carboxylic acids is 2. The fraction of sp³-hybridized carbons (Fsp3) is 0.391. The molecule has 0 N–H and O–H groups in total. The first-order valence-corrected chi connectivity index (χ1v) is 10.0. The van der Waals surface area contributed by atoms with Gasteiger partial charge in [0.1, 0.15) is 5.82 Å². The van der Waals surface area contributed by atoms with Gasteiger partial charge < -0.3 is 9.80 Å². The predicted molar refractivity (Wildman–Crippen MR) is 109 cm³/mol. The van der Waals surface area contributed by atoms with Crippen molar-refractivity contribution in [3.8, 4) is 0 Å². The van der Waals surface area contributed by atoms with Gasteiger partial charge in [0, 0.05) is 36.8 Å². The highest BCUT2D eigenvalue weighted by Gasteiger charge is 2.31. The maximum Gasteiger partial charge on any atom is 0.253 e. The molecule has 2 aromatic rings. The lowest BCUT2D eigenvalue weighted by Crippen LogP contribution is -2.44. The van der Waals surface area contributed by atoms with Crippen LogP contribution in [0.25, 0.3) is 0 Å². The fourth-order valence-electron chi connectivity index (χ4n) is 3.64. The van der Waals surface area contributed by atoms with Gasteiger partial charge in [0.25, 0.3) is 5.91 Å². The molecule has 28 heavy (non-hydrogen) atoms. The summed E-state index contributed by atoms with van der Waals surface area (Å²) in [5, 5.41) is 0. The van der Waals surface area contributed by atoms with E-state index in [0.717, 1.165) is 18.5 Å². The van der Waals surface area contributed by atoms with Crippen LogP contribution in [0.15, 0.2) is 54.6 Å². The Morgan fingerprint density at radius 3 is 2.43 bits per heavy atom. The van der Waals surface area contributed by atoms with Crippen LogP contribution in [0, 0.1) is 11.7 Å². The monoisotopic (exact) mass is 382 g/mol. The smallest absolute Gasteiger partial charge is 0.253 e. The summed E-state index contributed by atoms with van der Waals surface area (Å²) >= 11 is 0. The van der Waals surface area contributed by atoms with Crippen molar-refractivity contribution in [2.45, 2.75) is 32.6 Å². The Bertz CT molecular complexity index is 801. The number of likely N-dealkylation sites (tertiary alicyclic amines) is 1. The molecular weight excluding hydrogens is 355 g/mol. The summed E-state index contributed by atoms with van der Waals surface area (Å²) in [7, 11) is 0. The number of nitrogens with zero attached hydrogens (tertiary/aromatic N) is 2. The molecule has 0 saturated carbocycles. The van der Waals surface area contributed by atoms with Crippen LogP contribution in [-0.2, 0) is 4.79 Å². The second-order valence-corrected chi connectivity index (χ2v) is 7.26. The van der Waals surface area contributed by atoms with Crippen LogP contribution in [0.5, 0.6) is 0 Å². The van der Waals surface area contributed by atoms with Gasteiger partial charge in [0.15, 0.2) is 0 Å². The molecule has 1 heterocycles. The maximum absolute atomic E-state index is 13.4. The zero-order valence-electron chi connectivity index (χ0n) is 16.3. The molecule has 2 aromatic carbocycles. The first-order valence-electron chi connectivity index (χ1n) is 10.0. The normalized spacial score (nSPS) is 14.7. The lowest BCUT2D eigenvalue weighted by atomic mass is 9.94. The van der Waals surface area contributed by atoms with Crippen molar-refractivity contribution < 1.29 is 14.0 Å². The second kappa shape index (κ2) is 9.49. The largest absolute Gasteiger partial charge is 0.339 e. The molecule has 0 spiro atoms. The summed E-state index contributed by atoms with van der Waals surface area (Å²) < 4.78 is 13.4. The first kappa shape index (κ1) is 20.1. The lowest BCUT2D eigenvalue weighted by Gasteiger charge is -2.34. The Morgan fingerprint density at radius 2 is 1.79 bits per heavy atom. The summed E-state index contributed by atoms with van der Waals surface area (Å²) in [4.78, 5) is 29.4. The van der Waals surface area contributed by atoms with Crippen molar-refractivity contribution in [3.63, 3.8) is 0 Å². The molecule has 1 aliphatic rings. The number of piperidine rings is 1. The molecule has 0 aromatic heterocycles. The van der Waals surface area contributed by atoms with E-state index in [9.17, 15) is 14.0 Å². The van der Waals surface area contributed by atoms with E-state index in [1.165, 1.54) is 12.1 Å². The van der Waals surface area contributed by atoms with E-state index in [4.69, 9.17) is 0 Å². The number of hydrogen-bond acceptors (Lipinski definition) is 2. The van der Waals surface area contributed by atoms with Gasteiger partial charge in [-0.05, 0) is 49.6 Å². The van der Waals surface area contributed by atoms with Crippen molar-refractivity contribution in [3.05, 3.63) is 66.0 Å². The number of halogens is 1. The van der Waals surface area contributed by atoms with Crippen molar-refractivity contribution >= 4 is 17.5 Å². The quantitative estimate of drug-likeness (QED) is 0.737. The van der Waals surface area contributed by atoms with Crippen LogP contribution in [-0.4, -0.2) is 36.3 Å². The van der Waals surface area contributed by atoms with Gasteiger partial charge in [-0.3, -0.25) is 9.59 Å². The van der Waals surface area contributed by atoms with Crippen LogP contribution in [0.2, 0.25) is 0 Å². The average molecular weight is 382 g/mol. The summed E-state index contributed by atoms with van der Waals surface area (Å²) in [6, 6.07) is 15.5. The van der Waals surface area contributed by atoms with Crippen molar-refractivity contribution in [2.75, 3.05) is 24.5 Å². The highest BCUT2D eigenvalue weighted by Crippen LogP contribution is 2.25. The zero-order valence-corrected chi connectivity index (χ0v) is 16.3. The van der Waals surface area contributed by atoms with Crippen molar-refractivity contribution in [1.82, 2.24) is 4.90 Å². The number of unbranched alkanes of at least 4 members (excludes halogenated alkanes) is 1. The lowest BCUT2D eigenvalue weighted by molar-refractivity contribution is -0.123. The molecule has 0 radical (unpaired) electrons. The van der Waals surface area contributed by atoms with E-state index in [-0.39, 0.29) is 17.7 Å². The van der Waals surface area contributed by atoms with Gasteiger partial charge in [-0.1, -0.05) is 37.6 Å². The molecule has 4 nitrogen and oxygen atoms in total. The van der Waals surface area contributed by atoms with E-state index in [2.05, 4.69) is 6.92 Å². The molecule has 148 valence electrons. The predicted octanol–water partition coefficient (Wildman–Crippen LogP) is 4.51. The Morgan fingerprint density at radius 1 is 1.07 bits per heavy atom. The molecule has 1 fully saturated rings. The molecule has 5 heteroatoms. The summed E-state index contributed by atoms with van der Waals surface area (Å²) in [6.07, 6.45) is 3.25. The van der Waals surface area contributed by atoms with Gasteiger partial charge in [-0.25, -0.2) is 4.39 Å². The van der Waals surface area contributed by atoms with E-state index < -0.39 is 5.82 Å². The Balaban J connectivity index is 1.64. The van der Waals surface area contributed by atoms with Gasteiger partial charge in [-0.2, -0.15) is 0 Å². The van der Waals surface area contributed by atoms with Crippen LogP contribution >= 0.6 is 0 Å². The minimum absolute atomic E-state index is 0.0892. The van der Waals surface area contributed by atoms with Crippen molar-refractivity contribution in [2.24, 2.45) is 5.92 Å². The molecule has 1 saturated heterocycles. The highest BCUT2D eigenvalue weighted by atomic mass is 19.1. The maximum atomic E-state index is 13.4.